The average molecular weight is 213 g/mol. The third kappa shape index (κ3) is 2.62. The first kappa shape index (κ1) is 11.3. The first-order chi connectivity index (χ1) is 6.76. The average Bonchev–Trinajstić information content (AvgIpc) is 2.28. The van der Waals surface area contributed by atoms with Gasteiger partial charge in [0, 0.05) is 33.2 Å². The number of rotatable bonds is 5. The van der Waals surface area contributed by atoms with Gasteiger partial charge in [-0.2, -0.15) is 0 Å². The van der Waals surface area contributed by atoms with E-state index in [1.54, 1.807) is 27.5 Å². The molecule has 0 bridgehead atoms. The molecule has 0 atom stereocenters. The second-order valence-corrected chi connectivity index (χ2v) is 5.74. The van der Waals surface area contributed by atoms with Gasteiger partial charge in [-0.25, -0.2) is 0 Å². The Balaban J connectivity index is 2.74. The van der Waals surface area contributed by atoms with Gasteiger partial charge in [-0.1, -0.05) is 6.07 Å². The Hall–Kier alpha value is -0.753. The van der Waals surface area contributed by atoms with Gasteiger partial charge >= 0.3 is 8.80 Å². The van der Waals surface area contributed by atoms with Crippen molar-refractivity contribution in [2.24, 2.45) is 0 Å². The minimum atomic E-state index is -2.52. The molecule has 4 nitrogen and oxygen atoms in total. The van der Waals surface area contributed by atoms with Crippen LogP contribution in [0.3, 0.4) is 0 Å². The summed E-state index contributed by atoms with van der Waals surface area (Å²) in [6.45, 7) is 0. The molecule has 0 radical (unpaired) electrons. The molecule has 0 amide bonds. The van der Waals surface area contributed by atoms with Gasteiger partial charge < -0.3 is 13.3 Å². The predicted molar refractivity (Wildman–Crippen MR) is 54.7 cm³/mol. The van der Waals surface area contributed by atoms with Gasteiger partial charge in [-0.05, 0) is 12.1 Å². The van der Waals surface area contributed by atoms with Crippen molar-refractivity contribution in [1.29, 1.82) is 0 Å². The minimum absolute atomic E-state index is 0.595. The summed E-state index contributed by atoms with van der Waals surface area (Å²) < 4.78 is 15.9. The van der Waals surface area contributed by atoms with Crippen LogP contribution in [-0.2, 0) is 19.3 Å². The molecule has 1 heterocycles. The highest BCUT2D eigenvalue weighted by Crippen LogP contribution is 2.12. The van der Waals surface area contributed by atoms with Crippen LogP contribution in [-0.4, -0.2) is 35.1 Å². The summed E-state index contributed by atoms with van der Waals surface area (Å²) in [4.78, 5) is 4.20. The van der Waals surface area contributed by atoms with Gasteiger partial charge in [0.2, 0.25) is 0 Å². The van der Waals surface area contributed by atoms with E-state index >= 15 is 0 Å². The second kappa shape index (κ2) is 5.21. The van der Waals surface area contributed by atoms with Crippen LogP contribution in [0.25, 0.3) is 0 Å². The molecule has 78 valence electrons. The number of hydrogen-bond donors (Lipinski definition) is 0. The third-order valence-corrected chi connectivity index (χ3v) is 4.72. The van der Waals surface area contributed by atoms with Gasteiger partial charge in [0.05, 0.1) is 6.04 Å². The highest BCUT2D eigenvalue weighted by Gasteiger charge is 2.38. The monoisotopic (exact) mass is 213 g/mol. The van der Waals surface area contributed by atoms with E-state index in [9.17, 15) is 0 Å². The number of nitrogens with zero attached hydrogens (tertiary/aromatic N) is 1. The fourth-order valence-corrected chi connectivity index (χ4v) is 2.78. The van der Waals surface area contributed by atoms with E-state index < -0.39 is 8.80 Å². The summed E-state index contributed by atoms with van der Waals surface area (Å²) in [7, 11) is 2.28. The van der Waals surface area contributed by atoms with Crippen molar-refractivity contribution in [2.45, 2.75) is 6.04 Å². The summed E-state index contributed by atoms with van der Waals surface area (Å²) in [5.74, 6) is 0. The maximum absolute atomic E-state index is 5.29. The van der Waals surface area contributed by atoms with Crippen molar-refractivity contribution in [1.82, 2.24) is 4.98 Å². The number of aromatic nitrogens is 1. The summed E-state index contributed by atoms with van der Waals surface area (Å²) in [5, 5.41) is 0. The molecular weight excluding hydrogens is 198 g/mol. The van der Waals surface area contributed by atoms with Gasteiger partial charge in [-0.15, -0.1) is 0 Å². The molecular formula is C9H15NO3Si. The molecule has 0 aliphatic carbocycles. The molecule has 0 saturated carbocycles. The van der Waals surface area contributed by atoms with E-state index in [1.165, 1.54) is 0 Å². The van der Waals surface area contributed by atoms with Crippen molar-refractivity contribution >= 4 is 8.80 Å². The Morgan fingerprint density at radius 3 is 2.21 bits per heavy atom. The fraction of sp³-hybridized carbons (Fsp3) is 0.444. The van der Waals surface area contributed by atoms with Gasteiger partial charge in [0.25, 0.3) is 0 Å². The van der Waals surface area contributed by atoms with Crippen LogP contribution in [0.5, 0.6) is 0 Å². The largest absolute Gasteiger partial charge is 0.506 e. The van der Waals surface area contributed by atoms with Crippen molar-refractivity contribution in [2.75, 3.05) is 21.3 Å². The maximum atomic E-state index is 5.29. The van der Waals surface area contributed by atoms with E-state index in [2.05, 4.69) is 4.98 Å². The molecule has 0 saturated heterocycles. The van der Waals surface area contributed by atoms with Crippen molar-refractivity contribution < 1.29 is 13.3 Å². The standard InChI is InChI=1S/C9H15NO3Si/c1-11-14(12-2,13-3)8-9-6-4-5-7-10-9/h4-7H,8H2,1-3H3. The van der Waals surface area contributed by atoms with Crippen LogP contribution in [0, 0.1) is 0 Å². The molecule has 1 aromatic heterocycles. The van der Waals surface area contributed by atoms with Crippen molar-refractivity contribution in [3.05, 3.63) is 30.1 Å². The highest BCUT2D eigenvalue weighted by atomic mass is 28.4. The van der Waals surface area contributed by atoms with E-state index in [0.29, 0.717) is 6.04 Å². The smallest absolute Gasteiger partial charge is 0.377 e. The molecule has 0 N–H and O–H groups in total. The number of hydrogen-bond acceptors (Lipinski definition) is 4. The summed E-state index contributed by atoms with van der Waals surface area (Å²) >= 11 is 0. The Kier molecular flexibility index (Phi) is 4.21. The van der Waals surface area contributed by atoms with E-state index in [-0.39, 0.29) is 0 Å². The van der Waals surface area contributed by atoms with Crippen LogP contribution in [0.1, 0.15) is 5.69 Å². The molecule has 0 spiro atoms. The maximum Gasteiger partial charge on any atom is 0.506 e. The minimum Gasteiger partial charge on any atom is -0.377 e. The van der Waals surface area contributed by atoms with Crippen LogP contribution < -0.4 is 0 Å². The van der Waals surface area contributed by atoms with E-state index in [1.807, 2.05) is 18.2 Å². The lowest BCUT2D eigenvalue weighted by atomic mass is 10.4. The fourth-order valence-electron chi connectivity index (χ4n) is 1.19. The third-order valence-electron chi connectivity index (χ3n) is 2.06. The SMILES string of the molecule is CO[Si](Cc1ccccn1)(OC)OC. The Morgan fingerprint density at radius 1 is 1.14 bits per heavy atom. The first-order valence-corrected chi connectivity index (χ1v) is 6.25. The topological polar surface area (TPSA) is 40.6 Å². The molecule has 0 aliphatic rings. The lowest BCUT2D eigenvalue weighted by Crippen LogP contribution is -2.45. The van der Waals surface area contributed by atoms with Crippen molar-refractivity contribution in [3.63, 3.8) is 0 Å². The van der Waals surface area contributed by atoms with E-state index in [0.717, 1.165) is 5.69 Å². The quantitative estimate of drug-likeness (QED) is 0.685. The first-order valence-electron chi connectivity index (χ1n) is 4.31. The van der Waals surface area contributed by atoms with Crippen LogP contribution in [0.4, 0.5) is 0 Å². The molecule has 1 aromatic rings. The van der Waals surface area contributed by atoms with Gasteiger partial charge in [0.15, 0.2) is 0 Å². The Labute approximate surface area is 85.2 Å². The van der Waals surface area contributed by atoms with Crippen molar-refractivity contribution in [3.8, 4) is 0 Å². The Bertz CT molecular complexity index is 256. The molecule has 5 heteroatoms. The summed E-state index contributed by atoms with van der Waals surface area (Å²) in [6, 6.07) is 6.33. The zero-order valence-electron chi connectivity index (χ0n) is 8.69. The highest BCUT2D eigenvalue weighted by molar-refractivity contribution is 6.59. The van der Waals surface area contributed by atoms with Gasteiger partial charge in [-0.3, -0.25) is 4.98 Å². The van der Waals surface area contributed by atoms with Crippen LogP contribution >= 0.6 is 0 Å². The number of pyridine rings is 1. The normalized spacial score (nSPS) is 11.6. The lowest BCUT2D eigenvalue weighted by molar-refractivity contribution is 0.122. The molecule has 0 aliphatic heterocycles. The summed E-state index contributed by atoms with van der Waals surface area (Å²) in [5.41, 5.74) is 0.921. The van der Waals surface area contributed by atoms with Gasteiger partial charge in [0.1, 0.15) is 0 Å². The van der Waals surface area contributed by atoms with Crippen LogP contribution in [0.15, 0.2) is 24.4 Å². The molecule has 0 aromatic carbocycles. The lowest BCUT2D eigenvalue weighted by Gasteiger charge is -2.23. The van der Waals surface area contributed by atoms with E-state index in [4.69, 9.17) is 13.3 Å². The molecule has 0 unspecified atom stereocenters. The predicted octanol–water partition coefficient (Wildman–Crippen LogP) is 1.04. The zero-order valence-corrected chi connectivity index (χ0v) is 9.69. The molecule has 14 heavy (non-hydrogen) atoms. The summed E-state index contributed by atoms with van der Waals surface area (Å²) in [6.07, 6.45) is 1.75. The second-order valence-electron chi connectivity index (χ2n) is 2.79. The Morgan fingerprint density at radius 2 is 1.79 bits per heavy atom. The van der Waals surface area contributed by atoms with Crippen LogP contribution in [0.2, 0.25) is 0 Å². The molecule has 0 fully saturated rings. The molecule has 1 rings (SSSR count). The zero-order chi connectivity index (χ0) is 10.4.